The molecule has 2 rings (SSSR count). The first kappa shape index (κ1) is 20.3. The number of hydrogen-bond donors (Lipinski definition) is 2. The predicted octanol–water partition coefficient (Wildman–Crippen LogP) is 3.26. The average Bonchev–Trinajstić information content (AvgIpc) is 2.93. The van der Waals surface area contributed by atoms with E-state index in [2.05, 4.69) is 25.8 Å². The summed E-state index contributed by atoms with van der Waals surface area (Å²) in [4.78, 5) is 8.52. The molecular formula is C16H23FIN5O. The molecule has 0 radical (unpaired) electrons. The Bertz CT molecular complexity index is 689. The summed E-state index contributed by atoms with van der Waals surface area (Å²) in [5.41, 5.74) is 1.49. The third-order valence-corrected chi connectivity index (χ3v) is 3.34. The van der Waals surface area contributed by atoms with Crippen molar-refractivity contribution in [3.63, 3.8) is 0 Å². The highest BCUT2D eigenvalue weighted by molar-refractivity contribution is 14.0. The maximum atomic E-state index is 13.7. The second kappa shape index (κ2) is 9.55. The van der Waals surface area contributed by atoms with Crippen molar-refractivity contribution in [2.45, 2.75) is 40.3 Å². The number of nitrogens with one attached hydrogen (secondary N) is 2. The normalized spacial score (nSPS) is 12.5. The monoisotopic (exact) mass is 447 g/mol. The van der Waals surface area contributed by atoms with Gasteiger partial charge >= 0.3 is 0 Å². The molecule has 1 atom stereocenters. The van der Waals surface area contributed by atoms with Gasteiger partial charge in [-0.15, -0.1) is 24.0 Å². The van der Waals surface area contributed by atoms with Crippen molar-refractivity contribution >= 4 is 29.9 Å². The van der Waals surface area contributed by atoms with Crippen molar-refractivity contribution in [2.75, 3.05) is 6.54 Å². The molecule has 0 aliphatic rings. The lowest BCUT2D eigenvalue weighted by molar-refractivity contribution is 0.376. The molecule has 1 aromatic heterocycles. The number of hydrogen-bond acceptors (Lipinski definition) is 4. The lowest BCUT2D eigenvalue weighted by Gasteiger charge is -2.18. The van der Waals surface area contributed by atoms with Gasteiger partial charge in [0, 0.05) is 6.54 Å². The molecule has 0 spiro atoms. The van der Waals surface area contributed by atoms with Gasteiger partial charge in [0.1, 0.15) is 12.4 Å². The van der Waals surface area contributed by atoms with Crippen LogP contribution in [0.2, 0.25) is 0 Å². The van der Waals surface area contributed by atoms with Gasteiger partial charge in [-0.1, -0.05) is 17.3 Å². The first-order valence-corrected chi connectivity index (χ1v) is 7.59. The summed E-state index contributed by atoms with van der Waals surface area (Å²) in [5.74, 6) is 1.43. The number of nitrogens with zero attached hydrogens (tertiary/aromatic N) is 3. The minimum Gasteiger partial charge on any atom is -0.357 e. The van der Waals surface area contributed by atoms with E-state index in [1.54, 1.807) is 19.9 Å². The summed E-state index contributed by atoms with van der Waals surface area (Å²) in [5, 5.41) is 10.1. The molecule has 24 heavy (non-hydrogen) atoms. The fourth-order valence-electron chi connectivity index (χ4n) is 2.04. The fraction of sp³-hybridized carbons (Fsp3) is 0.438. The molecule has 0 fully saturated rings. The highest BCUT2D eigenvalue weighted by Gasteiger charge is 2.10. The Morgan fingerprint density at radius 2 is 2.12 bits per heavy atom. The second-order valence-electron chi connectivity index (χ2n) is 5.31. The highest BCUT2D eigenvalue weighted by atomic mass is 127. The van der Waals surface area contributed by atoms with Crippen molar-refractivity contribution in [3.8, 4) is 0 Å². The van der Waals surface area contributed by atoms with Gasteiger partial charge in [-0.3, -0.25) is 0 Å². The van der Waals surface area contributed by atoms with E-state index >= 15 is 0 Å². The largest absolute Gasteiger partial charge is 0.357 e. The molecule has 0 aliphatic carbocycles. The zero-order valence-electron chi connectivity index (χ0n) is 14.3. The maximum Gasteiger partial charge on any atom is 0.248 e. The lowest BCUT2D eigenvalue weighted by Crippen LogP contribution is -2.38. The number of aromatic nitrogens is 2. The molecule has 0 amide bonds. The molecule has 0 aliphatic heterocycles. The Kier molecular flexibility index (Phi) is 8.09. The topological polar surface area (TPSA) is 75.3 Å². The number of aryl methyl sites for hydroxylation is 2. The van der Waals surface area contributed by atoms with Crippen molar-refractivity contribution in [2.24, 2.45) is 4.99 Å². The molecule has 132 valence electrons. The van der Waals surface area contributed by atoms with Crippen LogP contribution in [0.3, 0.4) is 0 Å². The van der Waals surface area contributed by atoms with E-state index in [-0.39, 0.29) is 42.4 Å². The van der Waals surface area contributed by atoms with Gasteiger partial charge in [0.15, 0.2) is 11.8 Å². The SMILES string of the molecule is CCNC(=NCc1nc(C)no1)NC(C)c1ccc(C)c(F)c1.I. The number of guanidine groups is 1. The summed E-state index contributed by atoms with van der Waals surface area (Å²) in [6.45, 7) is 8.43. The zero-order chi connectivity index (χ0) is 16.8. The van der Waals surface area contributed by atoms with E-state index in [0.29, 0.717) is 29.8 Å². The Hall–Kier alpha value is -1.71. The third kappa shape index (κ3) is 5.73. The summed E-state index contributed by atoms with van der Waals surface area (Å²) < 4.78 is 18.7. The molecule has 2 N–H and O–H groups in total. The average molecular weight is 447 g/mol. The van der Waals surface area contributed by atoms with Crippen molar-refractivity contribution in [1.29, 1.82) is 0 Å². The van der Waals surface area contributed by atoms with Crippen molar-refractivity contribution in [3.05, 3.63) is 46.9 Å². The first-order valence-electron chi connectivity index (χ1n) is 7.59. The Morgan fingerprint density at radius 1 is 1.38 bits per heavy atom. The van der Waals surface area contributed by atoms with Crippen LogP contribution >= 0.6 is 24.0 Å². The van der Waals surface area contributed by atoms with Crippen LogP contribution in [0.1, 0.15) is 42.7 Å². The lowest BCUT2D eigenvalue weighted by atomic mass is 10.1. The molecule has 1 heterocycles. The standard InChI is InChI=1S/C16H22FN5O.HI/c1-5-18-16(19-9-15-21-12(4)22-23-15)20-11(3)13-7-6-10(2)14(17)8-13;/h6-8,11H,5,9H2,1-4H3,(H2,18,19,20);1H. The molecule has 0 saturated carbocycles. The fourth-order valence-corrected chi connectivity index (χ4v) is 2.04. The smallest absolute Gasteiger partial charge is 0.248 e. The van der Waals surface area contributed by atoms with Gasteiger partial charge in [0.25, 0.3) is 0 Å². The van der Waals surface area contributed by atoms with E-state index in [1.807, 2.05) is 19.9 Å². The predicted molar refractivity (Wildman–Crippen MR) is 102 cm³/mol. The second-order valence-corrected chi connectivity index (χ2v) is 5.31. The molecule has 2 aromatic rings. The van der Waals surface area contributed by atoms with Gasteiger partial charge in [0.05, 0.1) is 6.04 Å². The summed E-state index contributed by atoms with van der Waals surface area (Å²) in [7, 11) is 0. The van der Waals surface area contributed by atoms with Crippen molar-refractivity contribution < 1.29 is 8.91 Å². The number of rotatable bonds is 5. The van der Waals surface area contributed by atoms with Gasteiger partial charge in [0.2, 0.25) is 5.89 Å². The summed E-state index contributed by atoms with van der Waals surface area (Å²) >= 11 is 0. The van der Waals surface area contributed by atoms with Gasteiger partial charge in [-0.25, -0.2) is 9.38 Å². The molecule has 1 unspecified atom stereocenters. The van der Waals surface area contributed by atoms with E-state index in [1.165, 1.54) is 6.07 Å². The van der Waals surface area contributed by atoms with Crippen LogP contribution in [0.15, 0.2) is 27.7 Å². The number of halogens is 2. The van der Waals surface area contributed by atoms with Crippen LogP contribution in [0.5, 0.6) is 0 Å². The van der Waals surface area contributed by atoms with Crippen LogP contribution in [0.4, 0.5) is 4.39 Å². The molecule has 6 nitrogen and oxygen atoms in total. The van der Waals surface area contributed by atoms with Crippen LogP contribution in [-0.2, 0) is 6.54 Å². The van der Waals surface area contributed by atoms with E-state index in [4.69, 9.17) is 4.52 Å². The van der Waals surface area contributed by atoms with E-state index < -0.39 is 0 Å². The maximum absolute atomic E-state index is 13.7. The first-order chi connectivity index (χ1) is 11.0. The minimum absolute atomic E-state index is 0. The van der Waals surface area contributed by atoms with Gasteiger partial charge in [-0.05, 0) is 44.9 Å². The van der Waals surface area contributed by atoms with E-state index in [0.717, 1.165) is 5.56 Å². The van der Waals surface area contributed by atoms with Gasteiger partial charge < -0.3 is 15.2 Å². The molecule has 8 heteroatoms. The Morgan fingerprint density at radius 3 is 2.71 bits per heavy atom. The molecule has 0 bridgehead atoms. The molecule has 0 saturated heterocycles. The third-order valence-electron chi connectivity index (χ3n) is 3.34. The van der Waals surface area contributed by atoms with Crippen LogP contribution in [-0.4, -0.2) is 22.6 Å². The molecular weight excluding hydrogens is 424 g/mol. The van der Waals surface area contributed by atoms with E-state index in [9.17, 15) is 4.39 Å². The van der Waals surface area contributed by atoms with Crippen molar-refractivity contribution in [1.82, 2.24) is 20.8 Å². The summed E-state index contributed by atoms with van der Waals surface area (Å²) in [6, 6.07) is 5.12. The zero-order valence-corrected chi connectivity index (χ0v) is 16.6. The van der Waals surface area contributed by atoms with Gasteiger partial charge in [-0.2, -0.15) is 4.98 Å². The Labute approximate surface area is 158 Å². The minimum atomic E-state index is -0.209. The number of benzene rings is 1. The highest BCUT2D eigenvalue weighted by Crippen LogP contribution is 2.16. The quantitative estimate of drug-likeness (QED) is 0.418. The van der Waals surface area contributed by atoms with Crippen LogP contribution in [0, 0.1) is 19.7 Å². The van der Waals surface area contributed by atoms with Crippen LogP contribution < -0.4 is 10.6 Å². The van der Waals surface area contributed by atoms with Crippen LogP contribution in [0.25, 0.3) is 0 Å². The Balaban J connectivity index is 0.00000288. The number of aliphatic imine (C=N–C) groups is 1. The molecule has 1 aromatic carbocycles. The summed E-state index contributed by atoms with van der Waals surface area (Å²) in [6.07, 6.45) is 0.